The van der Waals surface area contributed by atoms with Crippen molar-refractivity contribution in [1.82, 2.24) is 19.9 Å². The van der Waals surface area contributed by atoms with Gasteiger partial charge in [0, 0.05) is 24.2 Å². The van der Waals surface area contributed by atoms with Crippen LogP contribution in [-0.2, 0) is 5.41 Å². The van der Waals surface area contributed by atoms with Gasteiger partial charge in [0.05, 0.1) is 11.7 Å². The van der Waals surface area contributed by atoms with Crippen LogP contribution in [0.4, 0.5) is 0 Å². The van der Waals surface area contributed by atoms with Crippen molar-refractivity contribution >= 4 is 11.0 Å². The van der Waals surface area contributed by atoms with Gasteiger partial charge in [0.2, 0.25) is 0 Å². The molecule has 3 heterocycles. The molecule has 2 aromatic heterocycles. The zero-order valence-corrected chi connectivity index (χ0v) is 12.3. The highest BCUT2D eigenvalue weighted by molar-refractivity contribution is 5.75. The zero-order chi connectivity index (χ0) is 13.7. The van der Waals surface area contributed by atoms with Crippen LogP contribution in [0.2, 0.25) is 0 Å². The number of aromatic nitrogens is 3. The van der Waals surface area contributed by atoms with E-state index in [9.17, 15) is 0 Å². The molecular formula is C16H22N4. The molecule has 0 amide bonds. The molecule has 2 fully saturated rings. The maximum absolute atomic E-state index is 5.01. The van der Waals surface area contributed by atoms with Gasteiger partial charge in [-0.2, -0.15) is 0 Å². The number of nitrogens with zero attached hydrogens (tertiary/aromatic N) is 3. The van der Waals surface area contributed by atoms with Crippen LogP contribution in [0.5, 0.6) is 0 Å². The minimum atomic E-state index is 0.182. The molecule has 1 atom stereocenters. The smallest absolute Gasteiger partial charge is 0.118 e. The number of pyridine rings is 1. The molecule has 1 saturated carbocycles. The summed E-state index contributed by atoms with van der Waals surface area (Å²) in [7, 11) is 0. The van der Waals surface area contributed by atoms with Crippen LogP contribution in [0.25, 0.3) is 11.0 Å². The van der Waals surface area contributed by atoms with Crippen molar-refractivity contribution in [2.75, 3.05) is 13.1 Å². The Balaban J connectivity index is 1.96. The average Bonchev–Trinajstić information content (AvgIpc) is 3.04. The molecule has 106 valence electrons. The molecule has 1 aliphatic carbocycles. The van der Waals surface area contributed by atoms with Gasteiger partial charge in [-0.25, -0.2) is 4.98 Å². The quantitative estimate of drug-likeness (QED) is 0.932. The van der Waals surface area contributed by atoms with Gasteiger partial charge in [0.15, 0.2) is 0 Å². The van der Waals surface area contributed by atoms with E-state index in [1.165, 1.54) is 30.6 Å². The third-order valence-electron chi connectivity index (χ3n) is 5.14. The molecule has 0 bridgehead atoms. The van der Waals surface area contributed by atoms with E-state index in [2.05, 4.69) is 34.8 Å². The van der Waals surface area contributed by atoms with Crippen molar-refractivity contribution in [2.24, 2.45) is 5.92 Å². The van der Waals surface area contributed by atoms with Gasteiger partial charge in [0.25, 0.3) is 0 Å². The lowest BCUT2D eigenvalue weighted by molar-refractivity contribution is 0.307. The molecule has 2 aromatic rings. The molecule has 1 N–H and O–H groups in total. The minimum Gasteiger partial charge on any atom is -0.324 e. The summed E-state index contributed by atoms with van der Waals surface area (Å²) < 4.78 is 2.52. The first-order chi connectivity index (χ1) is 9.72. The lowest BCUT2D eigenvalue weighted by atomic mass is 9.75. The van der Waals surface area contributed by atoms with E-state index in [0.29, 0.717) is 12.0 Å². The molecule has 4 heteroatoms. The second-order valence-corrected chi connectivity index (χ2v) is 6.64. The van der Waals surface area contributed by atoms with Crippen LogP contribution < -0.4 is 5.32 Å². The Morgan fingerprint density at radius 2 is 2.25 bits per heavy atom. The van der Waals surface area contributed by atoms with Gasteiger partial charge < -0.3 is 9.88 Å². The highest BCUT2D eigenvalue weighted by Gasteiger charge is 2.44. The normalized spacial score (nSPS) is 26.8. The van der Waals surface area contributed by atoms with Crippen molar-refractivity contribution in [2.45, 2.75) is 44.6 Å². The van der Waals surface area contributed by atoms with Crippen LogP contribution in [0, 0.1) is 5.92 Å². The Hall–Kier alpha value is -1.42. The van der Waals surface area contributed by atoms with E-state index in [1.54, 1.807) is 0 Å². The third kappa shape index (κ3) is 1.64. The first kappa shape index (κ1) is 12.3. The summed E-state index contributed by atoms with van der Waals surface area (Å²) in [6.07, 6.45) is 7.58. The summed E-state index contributed by atoms with van der Waals surface area (Å²) in [5.41, 5.74) is 2.51. The van der Waals surface area contributed by atoms with Gasteiger partial charge in [-0.05, 0) is 37.8 Å². The van der Waals surface area contributed by atoms with E-state index >= 15 is 0 Å². The molecule has 1 unspecified atom stereocenters. The molecule has 0 radical (unpaired) electrons. The van der Waals surface area contributed by atoms with E-state index in [0.717, 1.165) is 18.6 Å². The highest BCUT2D eigenvalue weighted by atomic mass is 15.2. The van der Waals surface area contributed by atoms with Crippen molar-refractivity contribution < 1.29 is 0 Å². The molecule has 0 aromatic carbocycles. The van der Waals surface area contributed by atoms with Gasteiger partial charge in [-0.15, -0.1) is 0 Å². The van der Waals surface area contributed by atoms with Crippen molar-refractivity contribution in [3.63, 3.8) is 0 Å². The summed E-state index contributed by atoms with van der Waals surface area (Å²) in [6, 6.07) is 2.79. The fourth-order valence-electron chi connectivity index (χ4n) is 3.66. The molecule has 20 heavy (non-hydrogen) atoms. The SMILES string of the molecule is CC(C)C1(c2nc3cnccc3n2C2CC2)CCNC1. The second-order valence-electron chi connectivity index (χ2n) is 6.64. The number of hydrogen-bond acceptors (Lipinski definition) is 3. The monoisotopic (exact) mass is 270 g/mol. The Labute approximate surface area is 119 Å². The van der Waals surface area contributed by atoms with Crippen LogP contribution >= 0.6 is 0 Å². The highest BCUT2D eigenvalue weighted by Crippen LogP contribution is 2.45. The van der Waals surface area contributed by atoms with Gasteiger partial charge in [-0.3, -0.25) is 4.98 Å². The summed E-state index contributed by atoms with van der Waals surface area (Å²) in [5, 5.41) is 3.55. The number of hydrogen-bond donors (Lipinski definition) is 1. The van der Waals surface area contributed by atoms with Crippen molar-refractivity contribution in [3.05, 3.63) is 24.3 Å². The summed E-state index contributed by atoms with van der Waals surface area (Å²) >= 11 is 0. The van der Waals surface area contributed by atoms with Crippen molar-refractivity contribution in [3.8, 4) is 0 Å². The fraction of sp³-hybridized carbons (Fsp3) is 0.625. The molecule has 4 nitrogen and oxygen atoms in total. The summed E-state index contributed by atoms with van der Waals surface area (Å²) in [5.74, 6) is 1.89. The maximum atomic E-state index is 5.01. The minimum absolute atomic E-state index is 0.182. The molecule has 1 aliphatic heterocycles. The van der Waals surface area contributed by atoms with Crippen molar-refractivity contribution in [1.29, 1.82) is 0 Å². The topological polar surface area (TPSA) is 42.7 Å². The summed E-state index contributed by atoms with van der Waals surface area (Å²) in [6.45, 7) is 6.82. The molecule has 2 aliphatic rings. The third-order valence-corrected chi connectivity index (χ3v) is 5.14. The molecule has 0 spiro atoms. The maximum Gasteiger partial charge on any atom is 0.118 e. The Morgan fingerprint density at radius 3 is 2.90 bits per heavy atom. The van der Waals surface area contributed by atoms with Crippen LogP contribution in [-0.4, -0.2) is 27.6 Å². The largest absolute Gasteiger partial charge is 0.324 e. The second kappa shape index (κ2) is 4.29. The number of nitrogens with one attached hydrogen (secondary N) is 1. The predicted octanol–water partition coefficient (Wildman–Crippen LogP) is 2.65. The predicted molar refractivity (Wildman–Crippen MR) is 79.8 cm³/mol. The van der Waals surface area contributed by atoms with Gasteiger partial charge in [0.1, 0.15) is 11.3 Å². The van der Waals surface area contributed by atoms with Crippen LogP contribution in [0.3, 0.4) is 0 Å². The van der Waals surface area contributed by atoms with Crippen LogP contribution in [0.15, 0.2) is 18.5 Å². The fourth-order valence-corrected chi connectivity index (χ4v) is 3.66. The van der Waals surface area contributed by atoms with E-state index < -0.39 is 0 Å². The number of rotatable bonds is 3. The standard InChI is InChI=1S/C16H22N4/c1-11(2)16(6-8-18-10-16)15-19-13-9-17-7-5-14(13)20(15)12-3-4-12/h5,7,9,11-12,18H,3-4,6,8,10H2,1-2H3. The van der Waals surface area contributed by atoms with E-state index in [1.807, 2.05) is 12.4 Å². The van der Waals surface area contributed by atoms with Crippen LogP contribution in [0.1, 0.15) is 45.0 Å². The summed E-state index contributed by atoms with van der Waals surface area (Å²) in [4.78, 5) is 9.26. The Kier molecular flexibility index (Phi) is 2.64. The lowest BCUT2D eigenvalue weighted by Gasteiger charge is -2.32. The Bertz CT molecular complexity index is 633. The zero-order valence-electron chi connectivity index (χ0n) is 12.3. The molecular weight excluding hydrogens is 248 g/mol. The average molecular weight is 270 g/mol. The molecule has 1 saturated heterocycles. The Morgan fingerprint density at radius 1 is 1.40 bits per heavy atom. The lowest BCUT2D eigenvalue weighted by Crippen LogP contribution is -2.37. The first-order valence-electron chi connectivity index (χ1n) is 7.75. The van der Waals surface area contributed by atoms with Gasteiger partial charge in [-0.1, -0.05) is 13.8 Å². The van der Waals surface area contributed by atoms with E-state index in [4.69, 9.17) is 4.98 Å². The number of imidazole rings is 1. The molecule has 4 rings (SSSR count). The van der Waals surface area contributed by atoms with E-state index in [-0.39, 0.29) is 5.41 Å². The van der Waals surface area contributed by atoms with Gasteiger partial charge >= 0.3 is 0 Å². The number of fused-ring (bicyclic) bond motifs is 1. The first-order valence-corrected chi connectivity index (χ1v) is 7.75.